The van der Waals surface area contributed by atoms with E-state index in [9.17, 15) is 0 Å². The standard InChI is InChI=1S/C15H22N6/c1(4-15-17-5-2-6-18-15)3-14(13-11-19-20-12-13)21-9-7-16-8-10-21/h2,5-6,11-12,14,16H,1,3-4,7-10H2,(H,19,20). The van der Waals surface area contributed by atoms with Gasteiger partial charge in [-0.2, -0.15) is 5.10 Å². The summed E-state index contributed by atoms with van der Waals surface area (Å²) in [7, 11) is 0. The molecule has 0 bridgehead atoms. The van der Waals surface area contributed by atoms with Crippen molar-refractivity contribution in [3.05, 3.63) is 42.2 Å². The van der Waals surface area contributed by atoms with Crippen molar-refractivity contribution in [2.24, 2.45) is 0 Å². The number of piperazine rings is 1. The fourth-order valence-electron chi connectivity index (χ4n) is 2.91. The lowest BCUT2D eigenvalue weighted by Crippen LogP contribution is -2.45. The molecule has 1 atom stereocenters. The van der Waals surface area contributed by atoms with Crippen LogP contribution >= 0.6 is 0 Å². The van der Waals surface area contributed by atoms with E-state index in [1.54, 1.807) is 0 Å². The molecule has 0 aliphatic carbocycles. The Kier molecular flexibility index (Phi) is 4.91. The van der Waals surface area contributed by atoms with Crippen molar-refractivity contribution < 1.29 is 0 Å². The highest BCUT2D eigenvalue weighted by Gasteiger charge is 2.22. The van der Waals surface area contributed by atoms with Gasteiger partial charge in [-0.05, 0) is 18.9 Å². The maximum atomic E-state index is 4.30. The van der Waals surface area contributed by atoms with Gasteiger partial charge in [0.1, 0.15) is 5.82 Å². The first-order valence-electron chi connectivity index (χ1n) is 7.63. The third-order valence-corrected chi connectivity index (χ3v) is 3.99. The lowest BCUT2D eigenvalue weighted by Gasteiger charge is -2.34. The normalized spacial score (nSPS) is 17.7. The van der Waals surface area contributed by atoms with E-state index in [2.05, 4.69) is 30.4 Å². The molecule has 0 amide bonds. The zero-order chi connectivity index (χ0) is 14.3. The van der Waals surface area contributed by atoms with E-state index in [4.69, 9.17) is 0 Å². The molecule has 2 aromatic rings. The maximum Gasteiger partial charge on any atom is 0.128 e. The van der Waals surface area contributed by atoms with Crippen molar-refractivity contribution in [2.45, 2.75) is 25.3 Å². The Hall–Kier alpha value is -1.79. The van der Waals surface area contributed by atoms with Gasteiger partial charge in [-0.15, -0.1) is 0 Å². The van der Waals surface area contributed by atoms with Crippen LogP contribution in [0.15, 0.2) is 30.9 Å². The number of aromatic amines is 1. The second kappa shape index (κ2) is 7.28. The average molecular weight is 286 g/mol. The molecule has 3 rings (SSSR count). The van der Waals surface area contributed by atoms with Crippen LogP contribution < -0.4 is 5.32 Å². The number of hydrogen-bond donors (Lipinski definition) is 2. The minimum absolute atomic E-state index is 0.439. The summed E-state index contributed by atoms with van der Waals surface area (Å²) in [5.74, 6) is 0.934. The van der Waals surface area contributed by atoms with Crippen LogP contribution in [-0.2, 0) is 6.42 Å². The van der Waals surface area contributed by atoms with Crippen LogP contribution in [0.1, 0.15) is 30.3 Å². The first-order chi connectivity index (χ1) is 10.4. The molecule has 1 aliphatic rings. The Balaban J connectivity index is 1.59. The number of aromatic nitrogens is 4. The molecule has 6 nitrogen and oxygen atoms in total. The predicted molar refractivity (Wildman–Crippen MR) is 80.7 cm³/mol. The number of H-pyrrole nitrogens is 1. The van der Waals surface area contributed by atoms with Crippen molar-refractivity contribution in [2.75, 3.05) is 26.2 Å². The SMILES string of the molecule is c1cnc(CCCC(c2cn[nH]c2)N2CCNCC2)nc1. The van der Waals surface area contributed by atoms with Crippen LogP contribution in [0.4, 0.5) is 0 Å². The Morgan fingerprint density at radius 3 is 2.71 bits per heavy atom. The van der Waals surface area contributed by atoms with Gasteiger partial charge in [-0.25, -0.2) is 9.97 Å². The van der Waals surface area contributed by atoms with E-state index in [1.807, 2.05) is 30.9 Å². The summed E-state index contributed by atoms with van der Waals surface area (Å²) in [6, 6.07) is 2.30. The van der Waals surface area contributed by atoms with Crippen LogP contribution in [0.25, 0.3) is 0 Å². The van der Waals surface area contributed by atoms with Crippen LogP contribution in [0.2, 0.25) is 0 Å². The molecule has 112 valence electrons. The molecular formula is C15H22N6. The van der Waals surface area contributed by atoms with Gasteiger partial charge in [0.05, 0.1) is 6.20 Å². The van der Waals surface area contributed by atoms with Crippen molar-refractivity contribution in [1.29, 1.82) is 0 Å². The number of aryl methyl sites for hydroxylation is 1. The number of rotatable bonds is 6. The third-order valence-electron chi connectivity index (χ3n) is 3.99. The molecule has 1 fully saturated rings. The molecule has 1 unspecified atom stereocenters. The van der Waals surface area contributed by atoms with E-state index in [0.29, 0.717) is 6.04 Å². The van der Waals surface area contributed by atoms with Gasteiger partial charge in [0.25, 0.3) is 0 Å². The second-order valence-corrected chi connectivity index (χ2v) is 5.39. The summed E-state index contributed by atoms with van der Waals surface area (Å²) in [4.78, 5) is 11.1. The van der Waals surface area contributed by atoms with Gasteiger partial charge < -0.3 is 5.32 Å². The highest BCUT2D eigenvalue weighted by Crippen LogP contribution is 2.25. The zero-order valence-corrected chi connectivity index (χ0v) is 12.2. The molecule has 6 heteroatoms. The molecule has 0 saturated carbocycles. The molecule has 21 heavy (non-hydrogen) atoms. The minimum Gasteiger partial charge on any atom is -0.314 e. The topological polar surface area (TPSA) is 69.7 Å². The Bertz CT molecular complexity index is 506. The van der Waals surface area contributed by atoms with Crippen LogP contribution in [0.3, 0.4) is 0 Å². The van der Waals surface area contributed by atoms with Crippen LogP contribution in [0, 0.1) is 0 Å². The average Bonchev–Trinajstić information content (AvgIpc) is 3.07. The fourth-order valence-corrected chi connectivity index (χ4v) is 2.91. The van der Waals surface area contributed by atoms with Crippen LogP contribution in [0.5, 0.6) is 0 Å². The van der Waals surface area contributed by atoms with E-state index >= 15 is 0 Å². The lowest BCUT2D eigenvalue weighted by atomic mass is 10.0. The molecule has 2 N–H and O–H groups in total. The maximum absolute atomic E-state index is 4.30. The van der Waals surface area contributed by atoms with Gasteiger partial charge >= 0.3 is 0 Å². The molecule has 1 aliphatic heterocycles. The highest BCUT2D eigenvalue weighted by molar-refractivity contribution is 5.10. The molecule has 1 saturated heterocycles. The molecule has 0 radical (unpaired) electrons. The van der Waals surface area contributed by atoms with E-state index in [0.717, 1.165) is 51.3 Å². The largest absolute Gasteiger partial charge is 0.314 e. The van der Waals surface area contributed by atoms with Gasteiger partial charge in [0.15, 0.2) is 0 Å². The number of hydrogen-bond acceptors (Lipinski definition) is 5. The number of nitrogens with zero attached hydrogens (tertiary/aromatic N) is 4. The highest BCUT2D eigenvalue weighted by atomic mass is 15.2. The van der Waals surface area contributed by atoms with Crippen molar-refractivity contribution in [3.8, 4) is 0 Å². The summed E-state index contributed by atoms with van der Waals surface area (Å²) in [6.07, 6.45) is 10.7. The first-order valence-corrected chi connectivity index (χ1v) is 7.63. The van der Waals surface area contributed by atoms with Crippen molar-refractivity contribution in [3.63, 3.8) is 0 Å². The summed E-state index contributed by atoms with van der Waals surface area (Å²) in [6.45, 7) is 4.32. The molecule has 0 aromatic carbocycles. The Labute approximate surface area is 125 Å². The third kappa shape index (κ3) is 3.86. The molecular weight excluding hydrogens is 264 g/mol. The Morgan fingerprint density at radius 2 is 2.00 bits per heavy atom. The Morgan fingerprint density at radius 1 is 1.19 bits per heavy atom. The monoisotopic (exact) mass is 286 g/mol. The van der Waals surface area contributed by atoms with Crippen molar-refractivity contribution in [1.82, 2.24) is 30.4 Å². The smallest absolute Gasteiger partial charge is 0.128 e. The summed E-state index contributed by atoms with van der Waals surface area (Å²) >= 11 is 0. The quantitative estimate of drug-likeness (QED) is 0.834. The second-order valence-electron chi connectivity index (χ2n) is 5.39. The van der Waals surface area contributed by atoms with Gasteiger partial charge in [-0.1, -0.05) is 0 Å². The molecule has 3 heterocycles. The van der Waals surface area contributed by atoms with Gasteiger partial charge in [0.2, 0.25) is 0 Å². The summed E-state index contributed by atoms with van der Waals surface area (Å²) < 4.78 is 0. The number of nitrogens with one attached hydrogen (secondary N) is 2. The zero-order valence-electron chi connectivity index (χ0n) is 12.2. The minimum atomic E-state index is 0.439. The first kappa shape index (κ1) is 14.2. The van der Waals surface area contributed by atoms with E-state index < -0.39 is 0 Å². The lowest BCUT2D eigenvalue weighted by molar-refractivity contribution is 0.163. The van der Waals surface area contributed by atoms with E-state index in [1.165, 1.54) is 5.56 Å². The summed E-state index contributed by atoms with van der Waals surface area (Å²) in [5, 5.41) is 10.5. The van der Waals surface area contributed by atoms with E-state index in [-0.39, 0.29) is 0 Å². The van der Waals surface area contributed by atoms with Crippen LogP contribution in [-0.4, -0.2) is 51.2 Å². The van der Waals surface area contributed by atoms with Crippen molar-refractivity contribution >= 4 is 0 Å². The van der Waals surface area contributed by atoms with Gasteiger partial charge in [0, 0.05) is 62.8 Å². The summed E-state index contributed by atoms with van der Waals surface area (Å²) in [5.41, 5.74) is 1.28. The predicted octanol–water partition coefficient (Wildman–Crippen LogP) is 1.17. The fraction of sp³-hybridized carbons (Fsp3) is 0.533. The molecule has 2 aromatic heterocycles. The molecule has 0 spiro atoms. The van der Waals surface area contributed by atoms with Gasteiger partial charge in [-0.3, -0.25) is 10.00 Å².